The molecule has 0 aromatic rings. The number of hydrogen-bond acceptors (Lipinski definition) is 2. The topological polar surface area (TPSA) is 35.2 Å². The van der Waals surface area contributed by atoms with Gasteiger partial charge in [0.2, 0.25) is 0 Å². The number of halogens is 3. The van der Waals surface area contributed by atoms with E-state index in [1.54, 1.807) is 0 Å². The molecule has 0 aliphatic rings. The summed E-state index contributed by atoms with van der Waals surface area (Å²) in [5.41, 5.74) is 5.50. The molecule has 0 aliphatic heterocycles. The lowest BCUT2D eigenvalue weighted by Gasteiger charge is -2.26. The summed E-state index contributed by atoms with van der Waals surface area (Å²) in [7, 11) is 0. The Bertz CT molecular complexity index is 155. The molecule has 0 spiro atoms. The van der Waals surface area contributed by atoms with Gasteiger partial charge in [0.15, 0.2) is 0 Å². The molecule has 0 fully saturated rings. The monoisotopic (exact) mass is 213 g/mol. The lowest BCUT2D eigenvalue weighted by molar-refractivity contribution is -0.174. The molecule has 2 N–H and O–H groups in total. The Morgan fingerprint density at radius 1 is 1.14 bits per heavy atom. The number of hydrogen-bond donors (Lipinski definition) is 1. The van der Waals surface area contributed by atoms with Crippen LogP contribution in [-0.2, 0) is 4.74 Å². The molecule has 86 valence electrons. The van der Waals surface area contributed by atoms with Crippen LogP contribution in [0.2, 0.25) is 0 Å². The molecule has 0 bridgehead atoms. The van der Waals surface area contributed by atoms with Gasteiger partial charge in [-0.05, 0) is 19.3 Å². The van der Waals surface area contributed by atoms with E-state index in [4.69, 9.17) is 5.73 Å². The highest BCUT2D eigenvalue weighted by atomic mass is 19.4. The molecular weight excluding hydrogens is 195 g/mol. The Morgan fingerprint density at radius 2 is 1.64 bits per heavy atom. The second kappa shape index (κ2) is 5.56. The van der Waals surface area contributed by atoms with Crippen LogP contribution < -0.4 is 5.73 Å². The summed E-state index contributed by atoms with van der Waals surface area (Å²) in [6, 6.07) is 0. The zero-order valence-electron chi connectivity index (χ0n) is 8.66. The van der Waals surface area contributed by atoms with Gasteiger partial charge >= 0.3 is 6.18 Å². The Balaban J connectivity index is 3.63. The fourth-order valence-corrected chi connectivity index (χ4v) is 1.07. The van der Waals surface area contributed by atoms with Crippen molar-refractivity contribution in [3.63, 3.8) is 0 Å². The van der Waals surface area contributed by atoms with Crippen molar-refractivity contribution in [2.45, 2.75) is 44.8 Å². The highest BCUT2D eigenvalue weighted by Gasteiger charge is 2.28. The van der Waals surface area contributed by atoms with E-state index >= 15 is 0 Å². The molecule has 0 saturated carbocycles. The molecule has 14 heavy (non-hydrogen) atoms. The fraction of sp³-hybridized carbons (Fsp3) is 1.00. The molecule has 0 amide bonds. The van der Waals surface area contributed by atoms with Gasteiger partial charge in [-0.1, -0.05) is 13.8 Å². The van der Waals surface area contributed by atoms with Gasteiger partial charge in [-0.25, -0.2) is 0 Å². The number of rotatable bonds is 6. The molecule has 0 aromatic heterocycles. The van der Waals surface area contributed by atoms with Gasteiger partial charge in [0.05, 0.1) is 0 Å². The van der Waals surface area contributed by atoms with Gasteiger partial charge in [-0.15, -0.1) is 0 Å². The molecule has 2 nitrogen and oxygen atoms in total. The van der Waals surface area contributed by atoms with Crippen molar-refractivity contribution >= 4 is 0 Å². The number of ether oxygens (including phenoxy) is 1. The fourth-order valence-electron chi connectivity index (χ4n) is 1.07. The maximum absolute atomic E-state index is 11.7. The third kappa shape index (κ3) is 6.21. The van der Waals surface area contributed by atoms with E-state index in [-0.39, 0.29) is 12.1 Å². The van der Waals surface area contributed by atoms with Crippen LogP contribution in [0.1, 0.15) is 33.1 Å². The predicted molar refractivity (Wildman–Crippen MR) is 49.0 cm³/mol. The molecule has 5 heteroatoms. The third-order valence-electron chi connectivity index (χ3n) is 2.42. The van der Waals surface area contributed by atoms with E-state index in [0.717, 1.165) is 12.8 Å². The minimum absolute atomic E-state index is 0.0672. The molecule has 0 atom stereocenters. The van der Waals surface area contributed by atoms with Gasteiger partial charge in [0, 0.05) is 12.1 Å². The summed E-state index contributed by atoms with van der Waals surface area (Å²) < 4.78 is 39.5. The minimum atomic E-state index is -4.24. The maximum Gasteiger partial charge on any atom is 0.411 e. The molecule has 0 aromatic carbocycles. The van der Waals surface area contributed by atoms with Crippen molar-refractivity contribution in [3.05, 3.63) is 0 Å². The Kier molecular flexibility index (Phi) is 5.44. The van der Waals surface area contributed by atoms with Crippen LogP contribution in [0.15, 0.2) is 0 Å². The zero-order valence-corrected chi connectivity index (χ0v) is 8.66. The SMILES string of the molecule is CCC(N)(CC)CCOCC(F)(F)F. The van der Waals surface area contributed by atoms with Crippen molar-refractivity contribution in [2.75, 3.05) is 13.2 Å². The van der Waals surface area contributed by atoms with Crippen molar-refractivity contribution in [3.8, 4) is 0 Å². The Morgan fingerprint density at radius 3 is 2.00 bits per heavy atom. The Hall–Kier alpha value is -0.290. The van der Waals surface area contributed by atoms with Gasteiger partial charge in [-0.2, -0.15) is 13.2 Å². The normalized spacial score (nSPS) is 13.3. The van der Waals surface area contributed by atoms with Gasteiger partial charge in [-0.3, -0.25) is 0 Å². The van der Waals surface area contributed by atoms with Gasteiger partial charge in [0.25, 0.3) is 0 Å². The minimum Gasteiger partial charge on any atom is -0.372 e. The van der Waals surface area contributed by atoms with E-state index in [2.05, 4.69) is 4.74 Å². The first-order chi connectivity index (χ1) is 6.33. The molecule has 0 heterocycles. The molecule has 0 radical (unpaired) electrons. The van der Waals surface area contributed by atoms with Crippen LogP contribution in [0.5, 0.6) is 0 Å². The van der Waals surface area contributed by atoms with Crippen LogP contribution in [0, 0.1) is 0 Å². The zero-order chi connectivity index (χ0) is 11.2. The predicted octanol–water partition coefficient (Wildman–Crippen LogP) is 2.47. The van der Waals surface area contributed by atoms with E-state index in [1.165, 1.54) is 0 Å². The van der Waals surface area contributed by atoms with Crippen molar-refractivity contribution < 1.29 is 17.9 Å². The summed E-state index contributed by atoms with van der Waals surface area (Å²) in [4.78, 5) is 0. The Labute approximate surface area is 82.6 Å². The van der Waals surface area contributed by atoms with Crippen molar-refractivity contribution in [1.82, 2.24) is 0 Å². The van der Waals surface area contributed by atoms with E-state index < -0.39 is 12.8 Å². The van der Waals surface area contributed by atoms with Crippen LogP contribution in [0.3, 0.4) is 0 Å². The number of nitrogens with two attached hydrogens (primary N) is 1. The van der Waals surface area contributed by atoms with Crippen LogP contribution in [0.25, 0.3) is 0 Å². The molecule has 0 rings (SSSR count). The second-order valence-electron chi connectivity index (χ2n) is 3.49. The molecule has 0 saturated heterocycles. The lowest BCUT2D eigenvalue weighted by atomic mass is 9.91. The quantitative estimate of drug-likeness (QED) is 0.688. The highest BCUT2D eigenvalue weighted by Crippen LogP contribution is 2.18. The first-order valence-corrected chi connectivity index (χ1v) is 4.76. The average molecular weight is 213 g/mol. The van der Waals surface area contributed by atoms with Crippen LogP contribution in [-0.4, -0.2) is 24.9 Å². The summed E-state index contributed by atoms with van der Waals surface area (Å²) >= 11 is 0. The lowest BCUT2D eigenvalue weighted by Crippen LogP contribution is -2.39. The molecule has 0 aliphatic carbocycles. The van der Waals surface area contributed by atoms with Crippen molar-refractivity contribution in [2.24, 2.45) is 5.73 Å². The molecule has 0 unspecified atom stereocenters. The highest BCUT2D eigenvalue weighted by molar-refractivity contribution is 4.80. The summed E-state index contributed by atoms with van der Waals surface area (Å²) in [5.74, 6) is 0. The summed E-state index contributed by atoms with van der Waals surface area (Å²) in [5, 5.41) is 0. The van der Waals surface area contributed by atoms with Gasteiger partial charge in [0.1, 0.15) is 6.61 Å². The third-order valence-corrected chi connectivity index (χ3v) is 2.42. The van der Waals surface area contributed by atoms with E-state index in [0.29, 0.717) is 6.42 Å². The first kappa shape index (κ1) is 13.7. The largest absolute Gasteiger partial charge is 0.411 e. The van der Waals surface area contributed by atoms with E-state index in [1.807, 2.05) is 13.8 Å². The van der Waals surface area contributed by atoms with Crippen LogP contribution in [0.4, 0.5) is 13.2 Å². The maximum atomic E-state index is 11.7. The number of alkyl halides is 3. The first-order valence-electron chi connectivity index (χ1n) is 4.76. The standard InChI is InChI=1S/C9H18F3NO/c1-3-8(13,4-2)5-6-14-7-9(10,11)12/h3-7,13H2,1-2H3. The van der Waals surface area contributed by atoms with Gasteiger partial charge < -0.3 is 10.5 Å². The van der Waals surface area contributed by atoms with E-state index in [9.17, 15) is 13.2 Å². The summed E-state index contributed by atoms with van der Waals surface area (Å²) in [6.07, 6.45) is -2.27. The molecular formula is C9H18F3NO. The average Bonchev–Trinajstić information content (AvgIpc) is 2.11. The summed E-state index contributed by atoms with van der Waals surface area (Å²) in [6.45, 7) is 2.73. The smallest absolute Gasteiger partial charge is 0.372 e. The van der Waals surface area contributed by atoms with Crippen molar-refractivity contribution in [1.29, 1.82) is 0 Å². The second-order valence-corrected chi connectivity index (χ2v) is 3.49. The van der Waals surface area contributed by atoms with Crippen LogP contribution >= 0.6 is 0 Å².